The minimum Gasteiger partial charge on any atom is -0.373 e. The molecule has 0 aromatic rings. The third kappa shape index (κ3) is 7.03. The van der Waals surface area contributed by atoms with Gasteiger partial charge < -0.3 is 15.2 Å². The SMILES string of the molecule is CC(N)C(OCCOC(C)(C)C)C(F)(F)F. The largest absolute Gasteiger partial charge is 0.416 e. The van der Waals surface area contributed by atoms with E-state index in [2.05, 4.69) is 4.74 Å². The predicted octanol–water partition coefficient (Wildman–Crippen LogP) is 2.10. The average molecular weight is 243 g/mol. The molecule has 0 aromatic carbocycles. The van der Waals surface area contributed by atoms with Gasteiger partial charge in [0.25, 0.3) is 0 Å². The third-order valence-corrected chi connectivity index (χ3v) is 1.72. The van der Waals surface area contributed by atoms with Crippen LogP contribution in [0.1, 0.15) is 27.7 Å². The van der Waals surface area contributed by atoms with Crippen LogP contribution in [0.3, 0.4) is 0 Å². The molecule has 2 N–H and O–H groups in total. The monoisotopic (exact) mass is 243 g/mol. The minimum absolute atomic E-state index is 0.114. The van der Waals surface area contributed by atoms with Gasteiger partial charge in [-0.2, -0.15) is 13.2 Å². The minimum atomic E-state index is -4.43. The van der Waals surface area contributed by atoms with E-state index in [0.717, 1.165) is 0 Å². The number of hydrogen-bond donors (Lipinski definition) is 1. The second-order valence-corrected chi connectivity index (χ2v) is 4.65. The van der Waals surface area contributed by atoms with Crippen molar-refractivity contribution in [1.82, 2.24) is 0 Å². The maximum atomic E-state index is 12.4. The summed E-state index contributed by atoms with van der Waals surface area (Å²) < 4.78 is 47.1. The number of ether oxygens (including phenoxy) is 2. The molecule has 16 heavy (non-hydrogen) atoms. The molecule has 98 valence electrons. The van der Waals surface area contributed by atoms with E-state index in [1.807, 2.05) is 20.8 Å². The first-order valence-electron chi connectivity index (χ1n) is 5.12. The lowest BCUT2D eigenvalue weighted by molar-refractivity contribution is -0.228. The van der Waals surface area contributed by atoms with Crippen LogP contribution < -0.4 is 5.73 Å². The summed E-state index contributed by atoms with van der Waals surface area (Å²) in [5.74, 6) is 0. The summed E-state index contributed by atoms with van der Waals surface area (Å²) in [6.07, 6.45) is -6.37. The maximum Gasteiger partial charge on any atom is 0.416 e. The molecule has 0 saturated carbocycles. The lowest BCUT2D eigenvalue weighted by atomic mass is 10.2. The van der Waals surface area contributed by atoms with Crippen LogP contribution in [0.5, 0.6) is 0 Å². The molecule has 0 rings (SSSR count). The highest BCUT2D eigenvalue weighted by Crippen LogP contribution is 2.24. The Balaban J connectivity index is 3.97. The van der Waals surface area contributed by atoms with Gasteiger partial charge in [-0.25, -0.2) is 0 Å². The second-order valence-electron chi connectivity index (χ2n) is 4.65. The fraction of sp³-hybridized carbons (Fsp3) is 1.00. The van der Waals surface area contributed by atoms with E-state index in [4.69, 9.17) is 10.5 Å². The van der Waals surface area contributed by atoms with Gasteiger partial charge in [0.15, 0.2) is 6.10 Å². The van der Waals surface area contributed by atoms with Crippen LogP contribution in [0, 0.1) is 0 Å². The van der Waals surface area contributed by atoms with Gasteiger partial charge in [-0.05, 0) is 27.7 Å². The zero-order valence-corrected chi connectivity index (χ0v) is 10.1. The summed E-state index contributed by atoms with van der Waals surface area (Å²) in [5, 5.41) is 0. The Kier molecular flexibility index (Phi) is 5.72. The Labute approximate surface area is 94.1 Å². The number of rotatable bonds is 5. The van der Waals surface area contributed by atoms with E-state index in [0.29, 0.717) is 0 Å². The lowest BCUT2D eigenvalue weighted by Crippen LogP contribution is -2.45. The van der Waals surface area contributed by atoms with E-state index in [1.54, 1.807) is 0 Å². The van der Waals surface area contributed by atoms with E-state index in [-0.39, 0.29) is 18.8 Å². The molecule has 0 radical (unpaired) electrons. The summed E-state index contributed by atoms with van der Waals surface area (Å²) in [4.78, 5) is 0. The van der Waals surface area contributed by atoms with Crippen molar-refractivity contribution < 1.29 is 22.6 Å². The zero-order valence-electron chi connectivity index (χ0n) is 10.1. The molecule has 2 unspecified atom stereocenters. The van der Waals surface area contributed by atoms with Gasteiger partial charge in [0, 0.05) is 6.04 Å². The Morgan fingerprint density at radius 3 is 1.94 bits per heavy atom. The fourth-order valence-electron chi connectivity index (χ4n) is 1.07. The molecule has 0 aliphatic heterocycles. The third-order valence-electron chi connectivity index (χ3n) is 1.72. The van der Waals surface area contributed by atoms with Crippen molar-refractivity contribution in [3.05, 3.63) is 0 Å². The molecule has 0 aromatic heterocycles. The quantitative estimate of drug-likeness (QED) is 0.752. The predicted molar refractivity (Wildman–Crippen MR) is 55.1 cm³/mol. The average Bonchev–Trinajstić information content (AvgIpc) is 1.97. The molecule has 0 aliphatic rings. The van der Waals surface area contributed by atoms with Crippen LogP contribution in [-0.4, -0.2) is 37.1 Å². The van der Waals surface area contributed by atoms with E-state index >= 15 is 0 Å². The molecule has 0 amide bonds. The molecule has 0 aliphatic carbocycles. The maximum absolute atomic E-state index is 12.4. The summed E-state index contributed by atoms with van der Waals surface area (Å²) in [6.45, 7) is 6.72. The van der Waals surface area contributed by atoms with Crippen LogP contribution in [0.2, 0.25) is 0 Å². The van der Waals surface area contributed by atoms with Gasteiger partial charge in [0.1, 0.15) is 0 Å². The van der Waals surface area contributed by atoms with Crippen LogP contribution in [-0.2, 0) is 9.47 Å². The first kappa shape index (κ1) is 15.7. The van der Waals surface area contributed by atoms with Gasteiger partial charge in [0.2, 0.25) is 0 Å². The molecule has 0 spiro atoms. The van der Waals surface area contributed by atoms with Gasteiger partial charge in [-0.1, -0.05) is 0 Å². The van der Waals surface area contributed by atoms with Crippen LogP contribution in [0.4, 0.5) is 13.2 Å². The van der Waals surface area contributed by atoms with E-state index < -0.39 is 18.3 Å². The van der Waals surface area contributed by atoms with E-state index in [9.17, 15) is 13.2 Å². The van der Waals surface area contributed by atoms with Crippen molar-refractivity contribution >= 4 is 0 Å². The van der Waals surface area contributed by atoms with Crippen molar-refractivity contribution in [3.8, 4) is 0 Å². The summed E-state index contributed by atoms with van der Waals surface area (Å²) in [6, 6.07) is -1.09. The summed E-state index contributed by atoms with van der Waals surface area (Å²) in [5.41, 5.74) is 4.82. The molecule has 3 nitrogen and oxygen atoms in total. The second kappa shape index (κ2) is 5.84. The van der Waals surface area contributed by atoms with Crippen molar-refractivity contribution in [3.63, 3.8) is 0 Å². The normalized spacial score (nSPS) is 17.2. The Hall–Kier alpha value is -0.330. The van der Waals surface area contributed by atoms with Crippen LogP contribution >= 0.6 is 0 Å². The van der Waals surface area contributed by atoms with Gasteiger partial charge >= 0.3 is 6.18 Å². The molecule has 0 heterocycles. The molecule has 0 fully saturated rings. The molecular weight excluding hydrogens is 223 g/mol. The number of hydrogen-bond acceptors (Lipinski definition) is 3. The van der Waals surface area contributed by atoms with Crippen LogP contribution in [0.15, 0.2) is 0 Å². The zero-order chi connectivity index (χ0) is 13.0. The first-order chi connectivity index (χ1) is 7.04. The Morgan fingerprint density at radius 1 is 1.12 bits per heavy atom. The molecule has 0 bridgehead atoms. The van der Waals surface area contributed by atoms with Crippen molar-refractivity contribution in [2.45, 2.75) is 51.6 Å². The van der Waals surface area contributed by atoms with Gasteiger partial charge in [-0.3, -0.25) is 0 Å². The highest BCUT2D eigenvalue weighted by molar-refractivity contribution is 4.76. The van der Waals surface area contributed by atoms with Gasteiger partial charge in [0.05, 0.1) is 18.8 Å². The first-order valence-corrected chi connectivity index (χ1v) is 5.12. The van der Waals surface area contributed by atoms with Crippen molar-refractivity contribution in [2.75, 3.05) is 13.2 Å². The van der Waals surface area contributed by atoms with E-state index in [1.165, 1.54) is 6.92 Å². The summed E-state index contributed by atoms with van der Waals surface area (Å²) >= 11 is 0. The van der Waals surface area contributed by atoms with Gasteiger partial charge in [-0.15, -0.1) is 0 Å². The topological polar surface area (TPSA) is 44.5 Å². The Bertz CT molecular complexity index is 199. The molecule has 6 heteroatoms. The highest BCUT2D eigenvalue weighted by Gasteiger charge is 2.43. The standard InChI is InChI=1S/C10H20F3NO2/c1-7(14)8(10(11,12)13)15-5-6-16-9(2,3)4/h7-8H,5-6,14H2,1-4H3. The number of nitrogens with two attached hydrogens (primary N) is 1. The smallest absolute Gasteiger partial charge is 0.373 e. The van der Waals surface area contributed by atoms with Crippen LogP contribution in [0.25, 0.3) is 0 Å². The fourth-order valence-corrected chi connectivity index (χ4v) is 1.07. The van der Waals surface area contributed by atoms with Crippen molar-refractivity contribution in [2.24, 2.45) is 5.73 Å². The molecule has 0 saturated heterocycles. The number of halogens is 3. The lowest BCUT2D eigenvalue weighted by Gasteiger charge is -2.25. The number of alkyl halides is 3. The van der Waals surface area contributed by atoms with Crippen molar-refractivity contribution in [1.29, 1.82) is 0 Å². The highest BCUT2D eigenvalue weighted by atomic mass is 19.4. The molecular formula is C10H20F3NO2. The molecule has 2 atom stereocenters. The Morgan fingerprint density at radius 2 is 1.62 bits per heavy atom. The summed E-state index contributed by atoms with van der Waals surface area (Å²) in [7, 11) is 0.